The van der Waals surface area contributed by atoms with Crippen molar-refractivity contribution in [1.29, 1.82) is 0 Å². The van der Waals surface area contributed by atoms with E-state index in [0.717, 1.165) is 47.9 Å². The van der Waals surface area contributed by atoms with Crippen LogP contribution in [-0.4, -0.2) is 50.0 Å². The van der Waals surface area contributed by atoms with Gasteiger partial charge in [0.05, 0.1) is 11.9 Å². The normalized spacial score (nSPS) is 15.0. The monoisotopic (exact) mass is 555 g/mol. The van der Waals surface area contributed by atoms with Gasteiger partial charge in [-0.15, -0.1) is 0 Å². The van der Waals surface area contributed by atoms with E-state index in [1.165, 1.54) is 17.0 Å². The minimum Gasteiger partial charge on any atom is -0.352 e. The minimum atomic E-state index is -3.53. The number of anilines is 1. The zero-order chi connectivity index (χ0) is 28.6. The van der Waals surface area contributed by atoms with E-state index in [4.69, 9.17) is 0 Å². The van der Waals surface area contributed by atoms with Crippen molar-refractivity contribution in [1.82, 2.24) is 10.2 Å². The van der Waals surface area contributed by atoms with Gasteiger partial charge in [0.15, 0.2) is 0 Å². The van der Waals surface area contributed by atoms with E-state index in [1.54, 1.807) is 4.90 Å². The number of carbonyl (C=O) groups is 2. The fraction of sp³-hybridized carbons (Fsp3) is 0.548. The zero-order valence-electron chi connectivity index (χ0n) is 24.2. The van der Waals surface area contributed by atoms with Crippen LogP contribution in [0.4, 0.5) is 5.69 Å². The molecule has 1 aliphatic carbocycles. The molecule has 39 heavy (non-hydrogen) atoms. The van der Waals surface area contributed by atoms with Crippen LogP contribution < -0.4 is 9.62 Å². The average molecular weight is 556 g/mol. The summed E-state index contributed by atoms with van der Waals surface area (Å²) in [4.78, 5) is 28.8. The molecule has 2 aromatic carbocycles. The number of hydrogen-bond donors (Lipinski definition) is 1. The molecule has 0 spiro atoms. The topological polar surface area (TPSA) is 86.8 Å². The predicted molar refractivity (Wildman–Crippen MR) is 158 cm³/mol. The Morgan fingerprint density at radius 2 is 1.62 bits per heavy atom. The van der Waals surface area contributed by atoms with Gasteiger partial charge >= 0.3 is 0 Å². The maximum Gasteiger partial charge on any atom is 0.243 e. The highest BCUT2D eigenvalue weighted by Crippen LogP contribution is 2.25. The zero-order valence-corrected chi connectivity index (χ0v) is 25.0. The first-order valence-corrected chi connectivity index (χ1v) is 16.0. The third-order valence-corrected chi connectivity index (χ3v) is 8.78. The van der Waals surface area contributed by atoms with E-state index in [0.29, 0.717) is 25.1 Å². The van der Waals surface area contributed by atoms with Crippen LogP contribution in [0.3, 0.4) is 0 Å². The van der Waals surface area contributed by atoms with Gasteiger partial charge in [-0.1, -0.05) is 68.1 Å². The number of nitrogens with zero attached hydrogens (tertiary/aromatic N) is 2. The highest BCUT2D eigenvalue weighted by molar-refractivity contribution is 7.92. The predicted octanol–water partition coefficient (Wildman–Crippen LogP) is 5.41. The molecule has 214 valence electrons. The van der Waals surface area contributed by atoms with Crippen molar-refractivity contribution < 1.29 is 18.0 Å². The maximum atomic E-state index is 13.7. The van der Waals surface area contributed by atoms with Gasteiger partial charge in [0.2, 0.25) is 21.8 Å². The fourth-order valence-corrected chi connectivity index (χ4v) is 6.34. The summed E-state index contributed by atoms with van der Waals surface area (Å²) >= 11 is 0. The van der Waals surface area contributed by atoms with Crippen molar-refractivity contribution in [3.8, 4) is 0 Å². The number of carbonyl (C=O) groups excluding carboxylic acids is 2. The number of sulfonamides is 1. The van der Waals surface area contributed by atoms with Gasteiger partial charge in [-0.3, -0.25) is 13.9 Å². The molecule has 0 saturated heterocycles. The molecule has 0 bridgehead atoms. The molecule has 7 nitrogen and oxygen atoms in total. The van der Waals surface area contributed by atoms with Gasteiger partial charge in [-0.25, -0.2) is 8.42 Å². The lowest BCUT2D eigenvalue weighted by molar-refractivity contribution is -0.141. The number of hydrogen-bond acceptors (Lipinski definition) is 4. The molecule has 1 atom stereocenters. The molecule has 1 saturated carbocycles. The van der Waals surface area contributed by atoms with E-state index in [-0.39, 0.29) is 30.8 Å². The second-order valence-corrected chi connectivity index (χ2v) is 12.9. The summed E-state index contributed by atoms with van der Waals surface area (Å²) < 4.78 is 26.8. The third kappa shape index (κ3) is 8.82. The van der Waals surface area contributed by atoms with Gasteiger partial charge in [-0.05, 0) is 69.2 Å². The molecule has 2 amide bonds. The summed E-state index contributed by atoms with van der Waals surface area (Å²) in [6, 6.07) is 13.3. The molecule has 0 unspecified atom stereocenters. The largest absolute Gasteiger partial charge is 0.352 e. The van der Waals surface area contributed by atoms with E-state index < -0.39 is 16.1 Å². The molecular formula is C31H45N3O4S. The Morgan fingerprint density at radius 3 is 2.23 bits per heavy atom. The van der Waals surface area contributed by atoms with Crippen LogP contribution in [-0.2, 0) is 26.2 Å². The van der Waals surface area contributed by atoms with Crippen molar-refractivity contribution in [3.63, 3.8) is 0 Å². The first-order chi connectivity index (χ1) is 18.5. The van der Waals surface area contributed by atoms with Crippen molar-refractivity contribution in [2.45, 2.75) is 97.7 Å². The Balaban J connectivity index is 1.77. The van der Waals surface area contributed by atoms with Crippen molar-refractivity contribution in [2.75, 3.05) is 17.1 Å². The third-order valence-electron chi connectivity index (χ3n) is 7.60. The van der Waals surface area contributed by atoms with E-state index in [1.807, 2.05) is 70.2 Å². The molecule has 0 aromatic heterocycles. The number of nitrogens with one attached hydrogen (secondary N) is 1. The summed E-state index contributed by atoms with van der Waals surface area (Å²) in [7, 11) is -3.53. The number of rotatable bonds is 12. The molecule has 0 radical (unpaired) electrons. The molecular weight excluding hydrogens is 510 g/mol. The fourth-order valence-electron chi connectivity index (χ4n) is 5.32. The lowest BCUT2D eigenvalue weighted by Gasteiger charge is -2.33. The van der Waals surface area contributed by atoms with E-state index in [2.05, 4.69) is 5.32 Å². The van der Waals surface area contributed by atoms with Crippen molar-refractivity contribution >= 4 is 27.5 Å². The minimum absolute atomic E-state index is 0.0991. The lowest BCUT2D eigenvalue weighted by atomic mass is 9.95. The van der Waals surface area contributed by atoms with Crippen LogP contribution >= 0.6 is 0 Å². The molecule has 0 heterocycles. The number of amides is 2. The van der Waals surface area contributed by atoms with Gasteiger partial charge in [0.1, 0.15) is 6.04 Å². The Morgan fingerprint density at radius 1 is 0.974 bits per heavy atom. The Labute approximate surface area is 235 Å². The molecule has 1 aliphatic rings. The quantitative estimate of drug-likeness (QED) is 0.379. The average Bonchev–Trinajstić information content (AvgIpc) is 2.89. The van der Waals surface area contributed by atoms with Crippen LogP contribution in [0.1, 0.15) is 80.5 Å². The van der Waals surface area contributed by atoms with Crippen molar-refractivity contribution in [2.24, 2.45) is 0 Å². The van der Waals surface area contributed by atoms with Crippen molar-refractivity contribution in [3.05, 3.63) is 64.7 Å². The summed E-state index contributed by atoms with van der Waals surface area (Å²) in [5, 5.41) is 3.21. The SMILES string of the molecule is CC[C@H](C(=O)NC1CCCCC1)N(Cc1ccc(C)cc1)C(=O)CCCN(c1cc(C)ccc1C)S(C)(=O)=O. The smallest absolute Gasteiger partial charge is 0.243 e. The summed E-state index contributed by atoms with van der Waals surface area (Å²) in [5.74, 6) is -0.242. The summed E-state index contributed by atoms with van der Waals surface area (Å²) in [6.45, 7) is 8.30. The van der Waals surface area contributed by atoms with Gasteiger partial charge in [0, 0.05) is 25.6 Å². The van der Waals surface area contributed by atoms with E-state index in [9.17, 15) is 18.0 Å². The lowest BCUT2D eigenvalue weighted by Crippen LogP contribution is -2.51. The van der Waals surface area contributed by atoms with Gasteiger partial charge in [0.25, 0.3) is 0 Å². The number of aryl methyl sites for hydroxylation is 3. The number of benzene rings is 2. The molecule has 0 aliphatic heterocycles. The van der Waals surface area contributed by atoms with Crippen LogP contribution in [0.2, 0.25) is 0 Å². The molecule has 8 heteroatoms. The Kier molecular flexibility index (Phi) is 11.0. The molecule has 1 fully saturated rings. The highest BCUT2D eigenvalue weighted by Gasteiger charge is 2.30. The van der Waals surface area contributed by atoms with Gasteiger partial charge in [-0.2, -0.15) is 0 Å². The second kappa shape index (κ2) is 14.0. The maximum absolute atomic E-state index is 13.7. The van der Waals surface area contributed by atoms with E-state index >= 15 is 0 Å². The van der Waals surface area contributed by atoms with Crippen LogP contribution in [0, 0.1) is 20.8 Å². The Hall–Kier alpha value is -2.87. The summed E-state index contributed by atoms with van der Waals surface area (Å²) in [5.41, 5.74) is 4.57. The summed E-state index contributed by atoms with van der Waals surface area (Å²) in [6.07, 6.45) is 7.60. The highest BCUT2D eigenvalue weighted by atomic mass is 32.2. The molecule has 2 aromatic rings. The second-order valence-electron chi connectivity index (χ2n) is 11.0. The first kappa shape index (κ1) is 30.7. The molecule has 3 rings (SSSR count). The van der Waals surface area contributed by atoms with Crippen LogP contribution in [0.15, 0.2) is 42.5 Å². The molecule has 1 N–H and O–H groups in total. The van der Waals surface area contributed by atoms with Gasteiger partial charge < -0.3 is 10.2 Å². The standard InChI is InChI=1S/C31H45N3O4S/c1-6-28(31(36)32-27-11-8-7-9-12-27)33(22-26-18-15-23(2)16-19-26)30(35)13-10-20-34(39(5,37)38)29-21-24(3)14-17-25(29)4/h14-19,21,27-28H,6-13,20,22H2,1-5H3,(H,32,36)/t28-/m1/s1. The van der Waals surface area contributed by atoms with Crippen LogP contribution in [0.5, 0.6) is 0 Å². The Bertz CT molecular complexity index is 1220. The first-order valence-electron chi connectivity index (χ1n) is 14.2. The van der Waals surface area contributed by atoms with Crippen LogP contribution in [0.25, 0.3) is 0 Å².